The monoisotopic (exact) mass is 429 g/mol. The molecule has 2 aromatic carbocycles. The van der Waals surface area contributed by atoms with Gasteiger partial charge in [0, 0.05) is 24.2 Å². The van der Waals surface area contributed by atoms with E-state index in [1.165, 1.54) is 12.1 Å². The van der Waals surface area contributed by atoms with Gasteiger partial charge in [-0.2, -0.15) is 0 Å². The first-order valence-electron chi connectivity index (χ1n) is 10.2. The number of carbonyl (C=O) groups excluding carboxylic acids is 1. The smallest absolute Gasteiger partial charge is 0.262 e. The topological polar surface area (TPSA) is 96.9 Å². The molecule has 0 spiro atoms. The van der Waals surface area contributed by atoms with E-state index in [2.05, 4.69) is 15.0 Å². The molecule has 1 aliphatic rings. The molecule has 1 amide bonds. The van der Waals surface area contributed by atoms with Gasteiger partial charge in [-0.05, 0) is 61.7 Å². The number of nitrogens with one attached hydrogen (secondary N) is 2. The number of aliphatic imine (C=N–C) groups is 1. The molecule has 3 rings (SSSR count). The molecule has 7 nitrogen and oxygen atoms in total. The standard InChI is InChI=1S/C22H27N3O4S/c1-2-15-29-19-12-10-17(11-13-19)22(26)24-18-7-6-8-20(16-18)30(27,28)25-21-9-4-3-5-14-23-21/h6-8,10-13,16H,2-5,9,14-15H2,1H3,(H,23,25)(H,24,26). The van der Waals surface area contributed by atoms with Gasteiger partial charge in [0.2, 0.25) is 0 Å². The van der Waals surface area contributed by atoms with Gasteiger partial charge in [-0.15, -0.1) is 0 Å². The summed E-state index contributed by atoms with van der Waals surface area (Å²) in [6.07, 6.45) is 4.46. The van der Waals surface area contributed by atoms with Crippen molar-refractivity contribution < 1.29 is 17.9 Å². The predicted octanol–water partition coefficient (Wildman–Crippen LogP) is 3.98. The highest BCUT2D eigenvalue weighted by Crippen LogP contribution is 2.18. The molecule has 0 atom stereocenters. The molecule has 0 bridgehead atoms. The Morgan fingerprint density at radius 2 is 1.90 bits per heavy atom. The van der Waals surface area contributed by atoms with E-state index in [-0.39, 0.29) is 10.8 Å². The number of amidine groups is 1. The van der Waals surface area contributed by atoms with Crippen LogP contribution in [0.2, 0.25) is 0 Å². The lowest BCUT2D eigenvalue weighted by Gasteiger charge is -2.11. The fourth-order valence-electron chi connectivity index (χ4n) is 3.04. The van der Waals surface area contributed by atoms with E-state index in [0.717, 1.165) is 25.7 Å². The summed E-state index contributed by atoms with van der Waals surface area (Å²) in [4.78, 5) is 16.9. The average molecular weight is 430 g/mol. The highest BCUT2D eigenvalue weighted by atomic mass is 32.2. The molecule has 8 heteroatoms. The Morgan fingerprint density at radius 1 is 1.10 bits per heavy atom. The highest BCUT2D eigenvalue weighted by Gasteiger charge is 2.18. The number of anilines is 1. The first kappa shape index (κ1) is 21.8. The van der Waals surface area contributed by atoms with Crippen molar-refractivity contribution in [3.8, 4) is 5.75 Å². The maximum atomic E-state index is 12.7. The van der Waals surface area contributed by atoms with Crippen LogP contribution in [-0.4, -0.2) is 33.3 Å². The molecule has 160 valence electrons. The van der Waals surface area contributed by atoms with Crippen molar-refractivity contribution in [2.24, 2.45) is 4.99 Å². The fraction of sp³-hybridized carbons (Fsp3) is 0.364. The maximum absolute atomic E-state index is 12.7. The molecule has 1 aliphatic heterocycles. The molecule has 2 aromatic rings. The van der Waals surface area contributed by atoms with Crippen LogP contribution in [0.1, 0.15) is 49.4 Å². The molecule has 30 heavy (non-hydrogen) atoms. The zero-order chi connectivity index (χ0) is 21.4. The van der Waals surface area contributed by atoms with Crippen LogP contribution in [0, 0.1) is 0 Å². The lowest BCUT2D eigenvalue weighted by atomic mass is 10.2. The highest BCUT2D eigenvalue weighted by molar-refractivity contribution is 7.90. The third-order valence-electron chi connectivity index (χ3n) is 4.62. The van der Waals surface area contributed by atoms with E-state index < -0.39 is 10.0 Å². The van der Waals surface area contributed by atoms with Crippen molar-refractivity contribution >= 4 is 27.5 Å². The number of carbonyl (C=O) groups is 1. The second-order valence-corrected chi connectivity index (χ2v) is 8.78. The molecule has 0 saturated carbocycles. The van der Waals surface area contributed by atoms with E-state index in [1.807, 2.05) is 6.92 Å². The van der Waals surface area contributed by atoms with Crippen molar-refractivity contribution in [2.45, 2.75) is 43.9 Å². The van der Waals surface area contributed by atoms with Crippen LogP contribution in [0.25, 0.3) is 0 Å². The quantitative estimate of drug-likeness (QED) is 0.696. The molecule has 2 N–H and O–H groups in total. The lowest BCUT2D eigenvalue weighted by Crippen LogP contribution is -2.30. The Balaban J connectivity index is 1.68. The Morgan fingerprint density at radius 3 is 2.67 bits per heavy atom. The third-order valence-corrected chi connectivity index (χ3v) is 6.00. The minimum absolute atomic E-state index is 0.0792. The summed E-state index contributed by atoms with van der Waals surface area (Å²) in [6.45, 7) is 3.28. The third kappa shape index (κ3) is 6.06. The fourth-order valence-corrected chi connectivity index (χ4v) is 4.17. The average Bonchev–Trinajstić information content (AvgIpc) is 3.01. The van der Waals surface area contributed by atoms with Crippen molar-refractivity contribution in [1.82, 2.24) is 4.72 Å². The van der Waals surface area contributed by atoms with Gasteiger partial charge in [-0.1, -0.05) is 19.4 Å². The number of ether oxygens (including phenoxy) is 1. The van der Waals surface area contributed by atoms with Crippen LogP contribution in [0.4, 0.5) is 5.69 Å². The van der Waals surface area contributed by atoms with Crippen LogP contribution in [-0.2, 0) is 10.0 Å². The summed E-state index contributed by atoms with van der Waals surface area (Å²) in [5.41, 5.74) is 0.857. The molecule has 0 saturated heterocycles. The predicted molar refractivity (Wildman–Crippen MR) is 118 cm³/mol. The molecule has 0 aromatic heterocycles. The van der Waals surface area contributed by atoms with E-state index in [4.69, 9.17) is 4.74 Å². The Labute approximate surface area is 177 Å². The van der Waals surface area contributed by atoms with Crippen LogP contribution in [0.5, 0.6) is 5.75 Å². The zero-order valence-electron chi connectivity index (χ0n) is 17.1. The van der Waals surface area contributed by atoms with E-state index in [9.17, 15) is 13.2 Å². The Kier molecular flexibility index (Phi) is 7.46. The van der Waals surface area contributed by atoms with Gasteiger partial charge in [-0.25, -0.2) is 8.42 Å². The second-order valence-electron chi connectivity index (χ2n) is 7.10. The lowest BCUT2D eigenvalue weighted by molar-refractivity contribution is 0.102. The van der Waals surface area contributed by atoms with E-state index in [1.54, 1.807) is 36.4 Å². The molecule has 0 unspecified atom stereocenters. The molecule has 0 aliphatic carbocycles. The van der Waals surface area contributed by atoms with Crippen molar-refractivity contribution in [1.29, 1.82) is 0 Å². The number of nitrogens with zero attached hydrogens (tertiary/aromatic N) is 1. The van der Waals surface area contributed by atoms with Gasteiger partial charge < -0.3 is 10.1 Å². The van der Waals surface area contributed by atoms with Crippen LogP contribution in [0.3, 0.4) is 0 Å². The SMILES string of the molecule is CCCOc1ccc(C(=O)Nc2cccc(S(=O)(=O)NC3=NCCCCC3)c2)cc1. The van der Waals surface area contributed by atoms with Gasteiger partial charge in [0.1, 0.15) is 11.6 Å². The molecular weight excluding hydrogens is 402 g/mol. The van der Waals surface area contributed by atoms with Crippen LogP contribution < -0.4 is 14.8 Å². The number of benzene rings is 2. The number of rotatable bonds is 7. The Hall–Kier alpha value is -2.87. The first-order chi connectivity index (χ1) is 14.5. The molecular formula is C22H27N3O4S. The molecule has 0 radical (unpaired) electrons. The second kappa shape index (κ2) is 10.2. The maximum Gasteiger partial charge on any atom is 0.262 e. The van der Waals surface area contributed by atoms with E-state index >= 15 is 0 Å². The van der Waals surface area contributed by atoms with Crippen molar-refractivity contribution in [3.05, 3.63) is 54.1 Å². The van der Waals surface area contributed by atoms with Gasteiger partial charge in [0.25, 0.3) is 15.9 Å². The number of hydrogen-bond donors (Lipinski definition) is 2. The van der Waals surface area contributed by atoms with Crippen molar-refractivity contribution in [3.63, 3.8) is 0 Å². The number of sulfonamides is 1. The Bertz CT molecular complexity index is 1000. The minimum atomic E-state index is -3.76. The van der Waals surface area contributed by atoms with Crippen LogP contribution in [0.15, 0.2) is 58.4 Å². The summed E-state index contributed by atoms with van der Waals surface area (Å²) < 4.78 is 33.6. The van der Waals surface area contributed by atoms with Gasteiger partial charge in [0.05, 0.1) is 11.5 Å². The van der Waals surface area contributed by atoms with Gasteiger partial charge in [-0.3, -0.25) is 14.5 Å². The zero-order valence-corrected chi connectivity index (χ0v) is 17.9. The summed E-state index contributed by atoms with van der Waals surface area (Å²) in [6, 6.07) is 13.0. The van der Waals surface area contributed by atoms with Crippen molar-refractivity contribution in [2.75, 3.05) is 18.5 Å². The molecule has 0 fully saturated rings. The summed E-state index contributed by atoms with van der Waals surface area (Å²) in [7, 11) is -3.76. The molecule has 1 heterocycles. The summed E-state index contributed by atoms with van der Waals surface area (Å²) >= 11 is 0. The summed E-state index contributed by atoms with van der Waals surface area (Å²) in [5, 5.41) is 2.74. The number of hydrogen-bond acceptors (Lipinski definition) is 5. The minimum Gasteiger partial charge on any atom is -0.494 e. The van der Waals surface area contributed by atoms with Gasteiger partial charge >= 0.3 is 0 Å². The largest absolute Gasteiger partial charge is 0.494 e. The normalized spacial score (nSPS) is 14.4. The summed E-state index contributed by atoms with van der Waals surface area (Å²) in [5.74, 6) is 0.869. The number of amides is 1. The first-order valence-corrected chi connectivity index (χ1v) is 11.7. The van der Waals surface area contributed by atoms with Gasteiger partial charge in [0.15, 0.2) is 0 Å². The van der Waals surface area contributed by atoms with E-state index in [0.29, 0.717) is 42.4 Å². The van der Waals surface area contributed by atoms with Crippen LogP contribution >= 0.6 is 0 Å².